The van der Waals surface area contributed by atoms with Crippen molar-refractivity contribution < 1.29 is 0 Å². The molecule has 348 valence electrons. The zero-order valence-electron chi connectivity index (χ0n) is 40.8. The summed E-state index contributed by atoms with van der Waals surface area (Å²) in [7, 11) is 4.55. The summed E-state index contributed by atoms with van der Waals surface area (Å²) in [5, 5.41) is 0.909. The Bertz CT molecular complexity index is 2990. The quantitative estimate of drug-likeness (QED) is 0.0759. The minimum Gasteiger partial charge on any atom is -0.298 e. The summed E-state index contributed by atoms with van der Waals surface area (Å²) in [5.41, 5.74) is 19.5. The normalized spacial score (nSPS) is 11.5. The first-order chi connectivity index (χ1) is 35.5. The molecule has 1 aromatic heterocycles. The van der Waals surface area contributed by atoms with E-state index in [1.54, 1.807) is 0 Å². The lowest BCUT2D eigenvalue weighted by atomic mass is 9.78. The van der Waals surface area contributed by atoms with Gasteiger partial charge < -0.3 is 0 Å². The van der Waals surface area contributed by atoms with Gasteiger partial charge in [-0.15, -0.1) is 0 Å². The van der Waals surface area contributed by atoms with Gasteiger partial charge in [0, 0.05) is 36.1 Å². The predicted octanol–water partition coefficient (Wildman–Crippen LogP) is 17.3. The van der Waals surface area contributed by atoms with Crippen LogP contribution in [0.2, 0.25) is 0 Å². The molecule has 0 fully saturated rings. The Morgan fingerprint density at radius 1 is 0.264 bits per heavy atom. The van der Waals surface area contributed by atoms with Gasteiger partial charge in [0.05, 0.1) is 11.4 Å². The van der Waals surface area contributed by atoms with E-state index in [4.69, 9.17) is 0 Å². The number of benzene rings is 10. The van der Waals surface area contributed by atoms with Gasteiger partial charge in [-0.2, -0.15) is 0 Å². The van der Waals surface area contributed by atoms with Gasteiger partial charge in [-0.1, -0.05) is 287 Å². The third-order valence-electron chi connectivity index (χ3n) is 14.2. The molecule has 3 heteroatoms. The van der Waals surface area contributed by atoms with Crippen LogP contribution in [-0.2, 0) is 0 Å². The van der Waals surface area contributed by atoms with Gasteiger partial charge in [-0.25, -0.2) is 0 Å². The van der Waals surface area contributed by atoms with E-state index < -0.39 is 0 Å². The first-order valence-corrected chi connectivity index (χ1v) is 25.6. The molecular weight excluding hydrogens is 888 g/mol. The van der Waals surface area contributed by atoms with E-state index >= 15 is 0 Å². The Labute approximate surface area is 427 Å². The third kappa shape index (κ3) is 9.26. The number of imidazole rings is 1. The van der Waals surface area contributed by atoms with Gasteiger partial charge in [0.15, 0.2) is 0 Å². The zero-order chi connectivity index (χ0) is 48.8. The van der Waals surface area contributed by atoms with Gasteiger partial charge in [0.2, 0.25) is 0 Å². The number of hydrogen-bond acceptors (Lipinski definition) is 0. The van der Waals surface area contributed by atoms with E-state index in [0.29, 0.717) is 0 Å². The molecule has 0 radical (unpaired) electrons. The lowest BCUT2D eigenvalue weighted by molar-refractivity contribution is 0.845. The van der Waals surface area contributed by atoms with Crippen molar-refractivity contribution >= 4 is 8.86 Å². The van der Waals surface area contributed by atoms with Gasteiger partial charge in [-0.05, 0) is 80.6 Å². The molecule has 0 aliphatic heterocycles. The van der Waals surface area contributed by atoms with Crippen LogP contribution >= 0.6 is 8.86 Å². The van der Waals surface area contributed by atoms with Crippen LogP contribution in [0.15, 0.2) is 279 Å². The van der Waals surface area contributed by atoms with Gasteiger partial charge >= 0.3 is 0 Å². The molecule has 72 heavy (non-hydrogen) atoms. The van der Waals surface area contributed by atoms with E-state index in [1.807, 2.05) is 0 Å². The molecule has 0 atom stereocenters. The number of hydrogen-bond donors (Lipinski definition) is 0. The van der Waals surface area contributed by atoms with Crippen LogP contribution in [0.1, 0.15) is 102 Å². The molecule has 0 bridgehead atoms. The van der Waals surface area contributed by atoms with Crippen LogP contribution in [0.25, 0.3) is 11.4 Å². The molecule has 10 aromatic carbocycles. The average molecular weight is 945 g/mol. The van der Waals surface area contributed by atoms with Crippen LogP contribution in [0, 0.1) is 19.0 Å². The largest absolute Gasteiger partial charge is 0.298 e. The van der Waals surface area contributed by atoms with Crippen molar-refractivity contribution in [2.24, 2.45) is 0 Å². The maximum Gasteiger partial charge on any atom is 0.141 e. The molecule has 0 saturated heterocycles. The fraction of sp³-hybridized carbons (Fsp3) is 0.0870. The van der Waals surface area contributed by atoms with E-state index in [1.165, 1.54) is 77.9 Å². The van der Waals surface area contributed by atoms with Crippen molar-refractivity contribution in [3.8, 4) is 11.4 Å². The number of rotatable bonds is 14. The Kier molecular flexibility index (Phi) is 13.4. The first kappa shape index (κ1) is 46.1. The molecule has 2 nitrogen and oxygen atoms in total. The minimum absolute atomic E-state index is 0.0817. The summed E-state index contributed by atoms with van der Waals surface area (Å²) in [6.07, 6.45) is 4.57. The van der Waals surface area contributed by atoms with Crippen molar-refractivity contribution in [2.75, 3.05) is 0 Å². The van der Waals surface area contributed by atoms with Crippen LogP contribution in [0.5, 0.6) is 0 Å². The second kappa shape index (κ2) is 21.0. The molecule has 1 heterocycles. The summed E-state index contributed by atoms with van der Waals surface area (Å²) in [5.74, 6) is -0.327. The first-order valence-electron chi connectivity index (χ1n) is 25.1. The SMILES string of the molecule is Cc1cc(C(c2ccccc2)c2ccccc2)c(-n2ccn(-c3c(C(c4ccccc4)c4ccccc4)cc(C)cc3C(c3ccccc3)c3ccccc3)c2=P)c(C(c2ccccc2)c2ccccc2)c1. The molecule has 0 spiro atoms. The average Bonchev–Trinajstić information content (AvgIpc) is 3.80. The summed E-state index contributed by atoms with van der Waals surface area (Å²) in [4.78, 5) is 0. The third-order valence-corrected chi connectivity index (χ3v) is 14.7. The zero-order valence-corrected chi connectivity index (χ0v) is 41.8. The minimum atomic E-state index is -0.0817. The molecule has 0 N–H and O–H groups in total. The maximum atomic E-state index is 4.55. The Morgan fingerprint density at radius 2 is 0.431 bits per heavy atom. The molecule has 11 rings (SSSR count). The highest BCUT2D eigenvalue weighted by Gasteiger charge is 2.32. The fourth-order valence-electron chi connectivity index (χ4n) is 11.2. The topological polar surface area (TPSA) is 9.86 Å². The van der Waals surface area contributed by atoms with Crippen LogP contribution in [-0.4, -0.2) is 9.13 Å². The highest BCUT2D eigenvalue weighted by molar-refractivity contribution is 7.06. The molecule has 0 aliphatic carbocycles. The van der Waals surface area contributed by atoms with E-state index in [9.17, 15) is 0 Å². The van der Waals surface area contributed by atoms with E-state index in [-0.39, 0.29) is 23.7 Å². The molecular formula is C69H57N2P. The van der Waals surface area contributed by atoms with Crippen molar-refractivity contribution in [1.82, 2.24) is 9.13 Å². The molecule has 0 amide bonds. The lowest BCUT2D eigenvalue weighted by Gasteiger charge is -2.30. The molecule has 0 unspecified atom stereocenters. The van der Waals surface area contributed by atoms with Crippen LogP contribution in [0.4, 0.5) is 0 Å². The summed E-state index contributed by atoms with van der Waals surface area (Å²) in [6.45, 7) is 4.51. The monoisotopic (exact) mass is 944 g/mol. The second-order valence-corrected chi connectivity index (χ2v) is 19.4. The van der Waals surface area contributed by atoms with Gasteiger partial charge in [0.1, 0.15) is 5.20 Å². The van der Waals surface area contributed by atoms with Crippen molar-refractivity contribution in [1.29, 1.82) is 0 Å². The van der Waals surface area contributed by atoms with E-state index in [0.717, 1.165) is 16.6 Å². The number of aryl methyl sites for hydroxylation is 2. The molecule has 11 aromatic rings. The summed E-state index contributed by atoms with van der Waals surface area (Å²) < 4.78 is 4.85. The lowest BCUT2D eigenvalue weighted by Crippen LogP contribution is -2.16. The van der Waals surface area contributed by atoms with Crippen molar-refractivity contribution in [2.45, 2.75) is 37.5 Å². The van der Waals surface area contributed by atoms with Crippen LogP contribution < -0.4 is 0 Å². The van der Waals surface area contributed by atoms with Crippen LogP contribution in [0.3, 0.4) is 0 Å². The molecule has 0 aliphatic rings. The summed E-state index contributed by atoms with van der Waals surface area (Å²) >= 11 is 0. The Morgan fingerprint density at radius 3 is 0.597 bits per heavy atom. The highest BCUT2D eigenvalue weighted by Crippen LogP contribution is 2.46. The van der Waals surface area contributed by atoms with Crippen molar-refractivity contribution in [3.63, 3.8) is 0 Å². The Hall–Kier alpha value is -8.29. The van der Waals surface area contributed by atoms with Crippen molar-refractivity contribution in [3.05, 3.63) is 362 Å². The Balaban J connectivity index is 1.26. The van der Waals surface area contributed by atoms with Gasteiger partial charge in [0.25, 0.3) is 0 Å². The fourth-order valence-corrected chi connectivity index (χ4v) is 11.6. The van der Waals surface area contributed by atoms with E-state index in [2.05, 4.69) is 311 Å². The smallest absolute Gasteiger partial charge is 0.141 e. The standard InChI is InChI=1S/C69H57N2P/c1-49-45-59(63(51-27-11-3-12-28-51)52-29-13-4-14-30-52)67(60(46-49)64(53-31-15-5-16-32-53)54-33-17-6-18-34-54)70-43-44-71(69(70)72)68-61(65(55-35-19-7-20-36-55)56-37-21-8-22-38-56)47-50(2)48-62(68)66(57-39-23-9-24-40-57)58-41-25-10-26-42-58/h3-48,63-66,72H,1-2H3. The number of nitrogens with zero attached hydrogens (tertiary/aromatic N) is 2. The summed E-state index contributed by atoms with van der Waals surface area (Å²) in [6, 6.07) is 97.9. The number of aromatic nitrogens is 2. The maximum absolute atomic E-state index is 4.55. The predicted molar refractivity (Wildman–Crippen MR) is 301 cm³/mol. The highest BCUT2D eigenvalue weighted by atomic mass is 31.0. The molecule has 0 saturated carbocycles. The van der Waals surface area contributed by atoms with Gasteiger partial charge in [-0.3, -0.25) is 9.13 Å². The second-order valence-electron chi connectivity index (χ2n) is 19.0.